The fourth-order valence-electron chi connectivity index (χ4n) is 3.21. The minimum absolute atomic E-state index is 0.358. The molecule has 0 bridgehead atoms. The molecule has 158 valence electrons. The number of nitrogens with two attached hydrogens (primary N) is 1. The molecule has 2 amide bonds. The SMILES string of the molecule is CC(c1ccc(-c2ccc(OCc3nc4ccccc4s3)cc2)c(F)c1)N(O)C(N)=O. The standard InChI is InChI=1S/C23H20FN3O3S/c1-14(27(29)23(25)28)16-8-11-18(19(24)12-16)15-6-9-17(10-7-15)30-13-22-26-20-4-2-3-5-21(20)31-22/h2-12,14,29H,13H2,1H3,(H2,25,28). The summed E-state index contributed by atoms with van der Waals surface area (Å²) in [7, 11) is 0. The molecule has 1 heterocycles. The van der Waals surface area contributed by atoms with Gasteiger partial charge in [-0.2, -0.15) is 5.06 Å². The number of hydrogen-bond donors (Lipinski definition) is 2. The summed E-state index contributed by atoms with van der Waals surface area (Å²) in [6.07, 6.45) is 0. The number of thiazole rings is 1. The van der Waals surface area contributed by atoms with E-state index in [1.165, 1.54) is 6.07 Å². The fraction of sp³-hybridized carbons (Fsp3) is 0.130. The molecule has 0 saturated carbocycles. The van der Waals surface area contributed by atoms with Crippen LogP contribution in [0.4, 0.5) is 9.18 Å². The lowest BCUT2D eigenvalue weighted by atomic mass is 10.0. The van der Waals surface area contributed by atoms with Crippen molar-refractivity contribution in [2.75, 3.05) is 0 Å². The summed E-state index contributed by atoms with van der Waals surface area (Å²) in [5, 5.41) is 10.9. The Morgan fingerprint density at radius 3 is 2.61 bits per heavy atom. The number of nitrogens with zero attached hydrogens (tertiary/aromatic N) is 2. The van der Waals surface area contributed by atoms with Gasteiger partial charge < -0.3 is 10.5 Å². The van der Waals surface area contributed by atoms with E-state index in [2.05, 4.69) is 4.98 Å². The van der Waals surface area contributed by atoms with E-state index in [9.17, 15) is 14.4 Å². The van der Waals surface area contributed by atoms with E-state index in [1.54, 1.807) is 54.7 Å². The normalized spacial score (nSPS) is 12.0. The van der Waals surface area contributed by atoms with Gasteiger partial charge in [0.25, 0.3) is 0 Å². The van der Waals surface area contributed by atoms with Crippen molar-refractivity contribution >= 4 is 27.6 Å². The second-order valence-corrected chi connectivity index (χ2v) is 8.10. The Labute approximate surface area is 182 Å². The van der Waals surface area contributed by atoms with Gasteiger partial charge in [0.05, 0.1) is 16.3 Å². The molecule has 0 saturated heterocycles. The summed E-state index contributed by atoms with van der Waals surface area (Å²) in [6, 6.07) is 17.8. The first-order chi connectivity index (χ1) is 14.9. The number of rotatable bonds is 6. The van der Waals surface area contributed by atoms with Crippen molar-refractivity contribution in [3.8, 4) is 16.9 Å². The molecule has 0 radical (unpaired) electrons. The number of primary amides is 1. The summed E-state index contributed by atoms with van der Waals surface area (Å²) in [5.74, 6) is 0.191. The summed E-state index contributed by atoms with van der Waals surface area (Å²) in [5.41, 5.74) is 7.52. The minimum atomic E-state index is -1.00. The number of aromatic nitrogens is 1. The Morgan fingerprint density at radius 2 is 1.94 bits per heavy atom. The number of urea groups is 1. The number of ether oxygens (including phenoxy) is 1. The lowest BCUT2D eigenvalue weighted by Gasteiger charge is -2.21. The second-order valence-electron chi connectivity index (χ2n) is 6.99. The predicted molar refractivity (Wildman–Crippen MR) is 117 cm³/mol. The van der Waals surface area contributed by atoms with Crippen molar-refractivity contribution in [2.45, 2.75) is 19.6 Å². The lowest BCUT2D eigenvalue weighted by molar-refractivity contribution is -0.0710. The molecular formula is C23H20FN3O3S. The Kier molecular flexibility index (Phi) is 5.83. The lowest BCUT2D eigenvalue weighted by Crippen LogP contribution is -2.34. The zero-order chi connectivity index (χ0) is 22.0. The zero-order valence-electron chi connectivity index (χ0n) is 16.7. The van der Waals surface area contributed by atoms with E-state index in [1.807, 2.05) is 24.3 Å². The third-order valence-electron chi connectivity index (χ3n) is 4.93. The summed E-state index contributed by atoms with van der Waals surface area (Å²) >= 11 is 1.59. The van der Waals surface area contributed by atoms with Crippen LogP contribution >= 0.6 is 11.3 Å². The largest absolute Gasteiger partial charge is 0.486 e. The van der Waals surface area contributed by atoms with Crippen molar-refractivity contribution in [1.29, 1.82) is 0 Å². The Balaban J connectivity index is 1.45. The molecule has 6 nitrogen and oxygen atoms in total. The molecule has 4 aromatic rings. The van der Waals surface area contributed by atoms with Crippen LogP contribution in [-0.4, -0.2) is 21.3 Å². The number of benzene rings is 3. The van der Waals surface area contributed by atoms with E-state index in [0.717, 1.165) is 15.2 Å². The van der Waals surface area contributed by atoms with Gasteiger partial charge in [-0.15, -0.1) is 11.3 Å². The molecule has 3 N–H and O–H groups in total. The van der Waals surface area contributed by atoms with Gasteiger partial charge in [-0.05, 0) is 48.4 Å². The van der Waals surface area contributed by atoms with Gasteiger partial charge in [0, 0.05) is 5.56 Å². The van der Waals surface area contributed by atoms with Crippen LogP contribution in [0.1, 0.15) is 23.5 Å². The Bertz CT molecular complexity index is 1190. The van der Waals surface area contributed by atoms with E-state index >= 15 is 0 Å². The molecule has 0 aliphatic rings. The monoisotopic (exact) mass is 437 g/mol. The van der Waals surface area contributed by atoms with Gasteiger partial charge in [-0.1, -0.05) is 36.4 Å². The van der Waals surface area contributed by atoms with Crippen molar-refractivity contribution in [2.24, 2.45) is 5.73 Å². The van der Waals surface area contributed by atoms with Crippen LogP contribution in [0.2, 0.25) is 0 Å². The molecule has 1 atom stereocenters. The predicted octanol–water partition coefficient (Wildman–Crippen LogP) is 5.51. The van der Waals surface area contributed by atoms with Gasteiger partial charge >= 0.3 is 6.03 Å². The molecule has 31 heavy (non-hydrogen) atoms. The molecule has 8 heteroatoms. The van der Waals surface area contributed by atoms with Gasteiger partial charge in [-0.3, -0.25) is 5.21 Å². The molecule has 0 fully saturated rings. The topological polar surface area (TPSA) is 88.7 Å². The molecule has 1 aromatic heterocycles. The highest BCUT2D eigenvalue weighted by Gasteiger charge is 2.18. The number of carbonyl (C=O) groups excluding carboxylic acids is 1. The van der Waals surface area contributed by atoms with Crippen molar-refractivity contribution < 1.29 is 19.1 Å². The van der Waals surface area contributed by atoms with Gasteiger partial charge in [0.15, 0.2) is 0 Å². The highest BCUT2D eigenvalue weighted by molar-refractivity contribution is 7.18. The smallest absolute Gasteiger partial charge is 0.339 e. The molecule has 4 rings (SSSR count). The summed E-state index contributed by atoms with van der Waals surface area (Å²) < 4.78 is 21.6. The molecule has 0 spiro atoms. The van der Waals surface area contributed by atoms with Gasteiger partial charge in [-0.25, -0.2) is 14.2 Å². The maximum atomic E-state index is 14.7. The third-order valence-corrected chi connectivity index (χ3v) is 5.94. The summed E-state index contributed by atoms with van der Waals surface area (Å²) in [6.45, 7) is 1.91. The van der Waals surface area contributed by atoms with Crippen LogP contribution < -0.4 is 10.5 Å². The van der Waals surface area contributed by atoms with Gasteiger partial charge in [0.2, 0.25) is 0 Å². The van der Waals surface area contributed by atoms with Crippen molar-refractivity contribution in [3.63, 3.8) is 0 Å². The maximum Gasteiger partial charge on any atom is 0.339 e. The first-order valence-corrected chi connectivity index (χ1v) is 10.4. The van der Waals surface area contributed by atoms with Gasteiger partial charge in [0.1, 0.15) is 23.2 Å². The Morgan fingerprint density at radius 1 is 1.19 bits per heavy atom. The maximum absolute atomic E-state index is 14.7. The Hall–Kier alpha value is -3.49. The van der Waals surface area contributed by atoms with Crippen LogP contribution in [0.25, 0.3) is 21.3 Å². The second kappa shape index (κ2) is 8.71. The van der Waals surface area contributed by atoms with E-state index < -0.39 is 17.9 Å². The number of halogens is 1. The fourth-order valence-corrected chi connectivity index (χ4v) is 4.10. The average Bonchev–Trinajstić information content (AvgIpc) is 3.20. The highest BCUT2D eigenvalue weighted by atomic mass is 32.1. The van der Waals surface area contributed by atoms with Crippen LogP contribution in [0.3, 0.4) is 0 Å². The number of hydroxylamine groups is 2. The summed E-state index contributed by atoms with van der Waals surface area (Å²) in [4.78, 5) is 15.6. The number of carbonyl (C=O) groups is 1. The molecule has 1 unspecified atom stereocenters. The highest BCUT2D eigenvalue weighted by Crippen LogP contribution is 2.29. The van der Waals surface area contributed by atoms with Crippen LogP contribution in [-0.2, 0) is 6.61 Å². The third kappa shape index (κ3) is 4.50. The van der Waals surface area contributed by atoms with Crippen LogP contribution in [0.15, 0.2) is 66.7 Å². The van der Waals surface area contributed by atoms with E-state index in [0.29, 0.717) is 34.1 Å². The number of amides is 2. The van der Waals surface area contributed by atoms with Crippen molar-refractivity contribution in [1.82, 2.24) is 10.0 Å². The molecule has 3 aromatic carbocycles. The first-order valence-electron chi connectivity index (χ1n) is 9.57. The number of para-hydroxylation sites is 1. The average molecular weight is 437 g/mol. The van der Waals surface area contributed by atoms with Crippen LogP contribution in [0.5, 0.6) is 5.75 Å². The number of hydrogen-bond acceptors (Lipinski definition) is 5. The quantitative estimate of drug-likeness (QED) is 0.307. The van der Waals surface area contributed by atoms with Crippen molar-refractivity contribution in [3.05, 3.63) is 83.1 Å². The molecular weight excluding hydrogens is 417 g/mol. The number of fused-ring (bicyclic) bond motifs is 1. The van der Waals surface area contributed by atoms with Crippen LogP contribution in [0, 0.1) is 5.82 Å². The first kappa shape index (κ1) is 20.8. The molecule has 0 aliphatic carbocycles. The minimum Gasteiger partial charge on any atom is -0.486 e. The molecule has 0 aliphatic heterocycles. The van der Waals surface area contributed by atoms with E-state index in [4.69, 9.17) is 10.5 Å². The van der Waals surface area contributed by atoms with E-state index in [-0.39, 0.29) is 0 Å². The zero-order valence-corrected chi connectivity index (χ0v) is 17.5.